The Kier molecular flexibility index (Phi) is 5.47. The summed E-state index contributed by atoms with van der Waals surface area (Å²) < 4.78 is 34.5. The van der Waals surface area contributed by atoms with Crippen LogP contribution in [-0.4, -0.2) is 16.1 Å². The monoisotopic (exact) mass is 453 g/mol. The van der Waals surface area contributed by atoms with Gasteiger partial charge in [-0.3, -0.25) is 0 Å². The highest BCUT2D eigenvalue weighted by Crippen LogP contribution is 2.31. The molecule has 1 heterocycles. The fourth-order valence-electron chi connectivity index (χ4n) is 3.76. The molecule has 0 fully saturated rings. The van der Waals surface area contributed by atoms with Crippen LogP contribution in [0.1, 0.15) is 10.4 Å². The van der Waals surface area contributed by atoms with Crippen LogP contribution < -0.4 is 4.74 Å². The van der Waals surface area contributed by atoms with Crippen molar-refractivity contribution in [2.45, 2.75) is 0 Å². The van der Waals surface area contributed by atoms with Crippen molar-refractivity contribution in [2.24, 2.45) is 0 Å². The van der Waals surface area contributed by atoms with Crippen LogP contribution in [0, 0.1) is 11.6 Å². The van der Waals surface area contributed by atoms with Crippen molar-refractivity contribution in [3.8, 4) is 33.9 Å². The second-order valence-corrected chi connectivity index (χ2v) is 7.66. The maximum absolute atomic E-state index is 15.1. The van der Waals surface area contributed by atoms with E-state index in [1.807, 2.05) is 30.3 Å². The summed E-state index contributed by atoms with van der Waals surface area (Å²) >= 11 is 0. The van der Waals surface area contributed by atoms with Crippen LogP contribution in [0.4, 0.5) is 8.78 Å². The zero-order chi connectivity index (χ0) is 23.7. The van der Waals surface area contributed by atoms with E-state index in [1.165, 1.54) is 24.3 Å². The lowest BCUT2D eigenvalue weighted by atomic mass is 10.00. The van der Waals surface area contributed by atoms with Crippen molar-refractivity contribution in [1.29, 1.82) is 0 Å². The first-order chi connectivity index (χ1) is 16.5. The highest BCUT2D eigenvalue weighted by Gasteiger charge is 2.15. The lowest BCUT2D eigenvalue weighted by Crippen LogP contribution is -2.01. The minimum atomic E-state index is -1.21. The number of ether oxygens (including phenoxy) is 1. The van der Waals surface area contributed by atoms with Crippen molar-refractivity contribution in [2.75, 3.05) is 0 Å². The minimum Gasteiger partial charge on any atom is -0.478 e. The first-order valence-electron chi connectivity index (χ1n) is 10.4. The third-order valence-electron chi connectivity index (χ3n) is 5.41. The molecule has 4 nitrogen and oxygen atoms in total. The van der Waals surface area contributed by atoms with Crippen LogP contribution in [0.25, 0.3) is 33.3 Å². The highest BCUT2D eigenvalue weighted by atomic mass is 19.1. The number of fused-ring (bicyclic) bond motifs is 1. The Morgan fingerprint density at radius 2 is 1.47 bits per heavy atom. The second kappa shape index (κ2) is 8.75. The Labute approximate surface area is 193 Å². The maximum atomic E-state index is 15.1. The number of halogens is 2. The largest absolute Gasteiger partial charge is 0.478 e. The number of aromatic nitrogens is 1. The van der Waals surface area contributed by atoms with Gasteiger partial charge in [-0.05, 0) is 60.2 Å². The van der Waals surface area contributed by atoms with Crippen LogP contribution in [-0.2, 0) is 0 Å². The lowest BCUT2D eigenvalue weighted by molar-refractivity contribution is 0.0699. The van der Waals surface area contributed by atoms with Gasteiger partial charge in [0.2, 0.25) is 0 Å². The number of carbonyl (C=O) groups is 1. The molecule has 0 saturated heterocycles. The maximum Gasteiger partial charge on any atom is 0.336 e. The molecule has 0 unspecified atom stereocenters. The fourth-order valence-corrected chi connectivity index (χ4v) is 3.76. The summed E-state index contributed by atoms with van der Waals surface area (Å²) in [7, 11) is 0. The van der Waals surface area contributed by atoms with Gasteiger partial charge in [0, 0.05) is 16.5 Å². The number of benzene rings is 4. The number of para-hydroxylation sites is 1. The number of nitrogens with zero attached hydrogens (tertiary/aromatic N) is 1. The molecule has 4 aromatic carbocycles. The van der Waals surface area contributed by atoms with Gasteiger partial charge in [-0.1, -0.05) is 42.5 Å². The molecule has 1 N–H and O–H groups in total. The molecule has 0 aliphatic rings. The van der Waals surface area contributed by atoms with Gasteiger partial charge in [0.15, 0.2) is 0 Å². The molecule has 0 aliphatic heterocycles. The molecule has 1 aromatic heterocycles. The van der Waals surface area contributed by atoms with E-state index in [4.69, 9.17) is 4.74 Å². The van der Waals surface area contributed by atoms with Crippen molar-refractivity contribution >= 4 is 16.9 Å². The number of aromatic carboxylic acids is 1. The number of carboxylic acids is 1. The molecular weight excluding hydrogens is 436 g/mol. The quantitative estimate of drug-likeness (QED) is 0.303. The van der Waals surface area contributed by atoms with Crippen LogP contribution in [0.15, 0.2) is 97.1 Å². The third kappa shape index (κ3) is 4.21. The molecule has 0 atom stereocenters. The molecular formula is C28H17F2NO3. The molecule has 0 amide bonds. The van der Waals surface area contributed by atoms with E-state index >= 15 is 4.39 Å². The Morgan fingerprint density at radius 1 is 0.765 bits per heavy atom. The van der Waals surface area contributed by atoms with Crippen LogP contribution in [0.3, 0.4) is 0 Å². The predicted octanol–water partition coefficient (Wildman–Crippen LogP) is 7.34. The summed E-state index contributed by atoms with van der Waals surface area (Å²) in [6.07, 6.45) is 0. The zero-order valence-electron chi connectivity index (χ0n) is 17.7. The molecule has 5 aromatic rings. The summed E-state index contributed by atoms with van der Waals surface area (Å²) in [5.74, 6) is -0.913. The lowest BCUT2D eigenvalue weighted by Gasteiger charge is -2.10. The molecule has 5 rings (SSSR count). The molecule has 0 aliphatic carbocycles. The number of hydrogen-bond acceptors (Lipinski definition) is 3. The van der Waals surface area contributed by atoms with E-state index in [0.29, 0.717) is 33.7 Å². The van der Waals surface area contributed by atoms with E-state index in [1.54, 1.807) is 36.4 Å². The number of hydrogen-bond donors (Lipinski definition) is 1. The standard InChI is InChI=1S/C28H17F2NO3/c29-19-9-13-26-23(15-19)24(28(32)33)16-27(31-26)18-8-12-22(25(30)14-18)17-6-10-21(11-7-17)34-20-4-2-1-3-5-20/h1-16H,(H,32,33). The third-order valence-corrected chi connectivity index (χ3v) is 5.41. The molecule has 6 heteroatoms. The summed E-state index contributed by atoms with van der Waals surface area (Å²) in [6.45, 7) is 0. The SMILES string of the molecule is O=C(O)c1cc(-c2ccc(-c3ccc(Oc4ccccc4)cc3)c(F)c2)nc2ccc(F)cc12. The van der Waals surface area contributed by atoms with Crippen LogP contribution in [0.2, 0.25) is 0 Å². The molecule has 34 heavy (non-hydrogen) atoms. The molecule has 0 saturated carbocycles. The van der Waals surface area contributed by atoms with E-state index < -0.39 is 17.6 Å². The number of carboxylic acid groups (broad SMARTS) is 1. The molecule has 0 spiro atoms. The fraction of sp³-hybridized carbons (Fsp3) is 0. The molecule has 0 bridgehead atoms. The molecule has 166 valence electrons. The second-order valence-electron chi connectivity index (χ2n) is 7.66. The minimum absolute atomic E-state index is 0.0991. The van der Waals surface area contributed by atoms with Crippen molar-refractivity contribution in [1.82, 2.24) is 4.98 Å². The van der Waals surface area contributed by atoms with Crippen molar-refractivity contribution in [3.63, 3.8) is 0 Å². The van der Waals surface area contributed by atoms with Gasteiger partial charge >= 0.3 is 5.97 Å². The van der Waals surface area contributed by atoms with Gasteiger partial charge in [0.1, 0.15) is 23.1 Å². The summed E-state index contributed by atoms with van der Waals surface area (Å²) in [5.41, 5.74) is 1.97. The highest BCUT2D eigenvalue weighted by molar-refractivity contribution is 6.03. The van der Waals surface area contributed by atoms with Gasteiger partial charge in [0.05, 0.1) is 16.8 Å². The van der Waals surface area contributed by atoms with E-state index in [-0.39, 0.29) is 16.6 Å². The average Bonchev–Trinajstić information content (AvgIpc) is 2.84. The molecule has 0 radical (unpaired) electrons. The van der Waals surface area contributed by atoms with Gasteiger partial charge in [-0.25, -0.2) is 18.6 Å². The zero-order valence-corrected chi connectivity index (χ0v) is 17.7. The first kappa shape index (κ1) is 21.3. The van der Waals surface area contributed by atoms with E-state index in [9.17, 15) is 14.3 Å². The summed E-state index contributed by atoms with van der Waals surface area (Å²) in [4.78, 5) is 16.1. The van der Waals surface area contributed by atoms with E-state index in [0.717, 1.165) is 6.07 Å². The Morgan fingerprint density at radius 3 is 2.18 bits per heavy atom. The van der Waals surface area contributed by atoms with Crippen LogP contribution in [0.5, 0.6) is 11.5 Å². The van der Waals surface area contributed by atoms with Gasteiger partial charge in [0.25, 0.3) is 0 Å². The first-order valence-corrected chi connectivity index (χ1v) is 10.4. The van der Waals surface area contributed by atoms with Crippen molar-refractivity contribution < 1.29 is 23.4 Å². The van der Waals surface area contributed by atoms with Crippen LogP contribution >= 0.6 is 0 Å². The van der Waals surface area contributed by atoms with Crippen molar-refractivity contribution in [3.05, 3.63) is 114 Å². The van der Waals surface area contributed by atoms with Gasteiger partial charge < -0.3 is 9.84 Å². The Balaban J connectivity index is 1.47. The Hall–Kier alpha value is -4.58. The average molecular weight is 453 g/mol. The predicted molar refractivity (Wildman–Crippen MR) is 126 cm³/mol. The number of pyridine rings is 1. The smallest absolute Gasteiger partial charge is 0.336 e. The van der Waals surface area contributed by atoms with Gasteiger partial charge in [-0.15, -0.1) is 0 Å². The van der Waals surface area contributed by atoms with E-state index in [2.05, 4.69) is 4.98 Å². The summed E-state index contributed by atoms with van der Waals surface area (Å²) in [5, 5.41) is 9.76. The Bertz CT molecular complexity index is 1520. The topological polar surface area (TPSA) is 59.4 Å². The summed E-state index contributed by atoms with van der Waals surface area (Å²) in [6, 6.07) is 26.1. The normalized spacial score (nSPS) is 10.9. The van der Waals surface area contributed by atoms with Gasteiger partial charge in [-0.2, -0.15) is 0 Å². The number of rotatable bonds is 5.